The van der Waals surface area contributed by atoms with E-state index in [0.29, 0.717) is 5.56 Å². The van der Waals surface area contributed by atoms with Crippen LogP contribution in [0.2, 0.25) is 0 Å². The first kappa shape index (κ1) is 20.0. The van der Waals surface area contributed by atoms with Gasteiger partial charge in [-0.05, 0) is 37.0 Å². The van der Waals surface area contributed by atoms with E-state index < -0.39 is 29.7 Å². The molecule has 1 rings (SSSR count). The molecular formula is C16H21F3N2O3. The number of benzene rings is 1. The molecule has 1 aromatic rings. The monoisotopic (exact) mass is 346 g/mol. The van der Waals surface area contributed by atoms with E-state index in [1.54, 1.807) is 0 Å². The number of anilines is 1. The second kappa shape index (κ2) is 8.14. The van der Waals surface area contributed by atoms with Crippen LogP contribution in [-0.4, -0.2) is 29.6 Å². The van der Waals surface area contributed by atoms with Gasteiger partial charge in [0.25, 0.3) is 0 Å². The van der Waals surface area contributed by atoms with Crippen LogP contribution in [0.3, 0.4) is 0 Å². The maximum absolute atomic E-state index is 12.7. The van der Waals surface area contributed by atoms with Crippen molar-refractivity contribution in [1.29, 1.82) is 0 Å². The van der Waals surface area contributed by atoms with Crippen LogP contribution in [0.5, 0.6) is 0 Å². The van der Waals surface area contributed by atoms with Gasteiger partial charge in [0, 0.05) is 12.2 Å². The Bertz CT molecular complexity index is 601. The predicted molar refractivity (Wildman–Crippen MR) is 83.3 cm³/mol. The van der Waals surface area contributed by atoms with Gasteiger partial charge in [-0.3, -0.25) is 9.59 Å². The second-order valence-corrected chi connectivity index (χ2v) is 5.84. The summed E-state index contributed by atoms with van der Waals surface area (Å²) in [6.45, 7) is 5.24. The fourth-order valence-electron chi connectivity index (χ4n) is 1.86. The number of halogens is 3. The van der Waals surface area contributed by atoms with Gasteiger partial charge in [0.05, 0.1) is 11.7 Å². The van der Waals surface area contributed by atoms with E-state index in [9.17, 15) is 27.9 Å². The summed E-state index contributed by atoms with van der Waals surface area (Å²) >= 11 is 0. The third kappa shape index (κ3) is 5.84. The quantitative estimate of drug-likeness (QED) is 0.717. The Morgan fingerprint density at radius 1 is 1.21 bits per heavy atom. The van der Waals surface area contributed by atoms with Crippen LogP contribution in [0.25, 0.3) is 0 Å². The minimum Gasteiger partial charge on any atom is -0.393 e. The lowest BCUT2D eigenvalue weighted by Crippen LogP contribution is -2.37. The van der Waals surface area contributed by atoms with Crippen LogP contribution in [0.4, 0.5) is 18.9 Å². The Labute approximate surface area is 138 Å². The lowest BCUT2D eigenvalue weighted by molar-refractivity contribution is -0.137. The average Bonchev–Trinajstić information content (AvgIpc) is 2.47. The van der Waals surface area contributed by atoms with E-state index in [1.807, 2.05) is 13.8 Å². The Morgan fingerprint density at radius 3 is 2.38 bits per heavy atom. The van der Waals surface area contributed by atoms with Crippen molar-refractivity contribution in [2.45, 2.75) is 39.5 Å². The summed E-state index contributed by atoms with van der Waals surface area (Å²) in [6, 6.07) is 2.90. The first-order valence-corrected chi connectivity index (χ1v) is 7.47. The molecule has 0 aliphatic rings. The maximum atomic E-state index is 12.7. The first-order valence-electron chi connectivity index (χ1n) is 7.47. The normalized spacial score (nSPS) is 12.8. The minimum atomic E-state index is -4.54. The highest BCUT2D eigenvalue weighted by Gasteiger charge is 2.31. The summed E-state index contributed by atoms with van der Waals surface area (Å²) in [7, 11) is 0. The molecule has 2 amide bonds. The smallest absolute Gasteiger partial charge is 0.393 e. The summed E-state index contributed by atoms with van der Waals surface area (Å²) < 4.78 is 38.1. The Balaban J connectivity index is 2.66. The van der Waals surface area contributed by atoms with Crippen molar-refractivity contribution in [3.63, 3.8) is 0 Å². The number of amides is 2. The zero-order valence-electron chi connectivity index (χ0n) is 13.7. The third-order valence-electron chi connectivity index (χ3n) is 3.51. The second-order valence-electron chi connectivity index (χ2n) is 5.84. The Kier molecular flexibility index (Phi) is 6.77. The number of nitrogens with one attached hydrogen (secondary N) is 2. The molecule has 8 heteroatoms. The Morgan fingerprint density at radius 2 is 1.83 bits per heavy atom. The van der Waals surface area contributed by atoms with Gasteiger partial charge in [-0.15, -0.1) is 0 Å². The number of carbonyl (C=O) groups excluding carboxylic acids is 2. The SMILES string of the molecule is Cc1ccc(C(F)(F)F)cc1NC(=O)C(=O)NCCC(O)C(C)C. The summed E-state index contributed by atoms with van der Waals surface area (Å²) in [6.07, 6.45) is -4.87. The number of rotatable bonds is 5. The van der Waals surface area contributed by atoms with Crippen LogP contribution >= 0.6 is 0 Å². The number of hydrogen-bond donors (Lipinski definition) is 3. The number of alkyl halides is 3. The van der Waals surface area contributed by atoms with E-state index in [1.165, 1.54) is 13.0 Å². The molecule has 5 nitrogen and oxygen atoms in total. The molecule has 24 heavy (non-hydrogen) atoms. The third-order valence-corrected chi connectivity index (χ3v) is 3.51. The van der Waals surface area contributed by atoms with Crippen LogP contribution in [0.1, 0.15) is 31.4 Å². The van der Waals surface area contributed by atoms with Crippen molar-refractivity contribution in [3.05, 3.63) is 29.3 Å². The number of aryl methyl sites for hydroxylation is 1. The number of aliphatic hydroxyl groups excluding tert-OH is 1. The lowest BCUT2D eigenvalue weighted by atomic mass is 10.0. The van der Waals surface area contributed by atoms with Crippen molar-refractivity contribution in [1.82, 2.24) is 5.32 Å². The van der Waals surface area contributed by atoms with Gasteiger partial charge in [0.2, 0.25) is 0 Å². The molecule has 3 N–H and O–H groups in total. The number of aliphatic hydroxyl groups is 1. The van der Waals surface area contributed by atoms with Crippen molar-refractivity contribution >= 4 is 17.5 Å². The van der Waals surface area contributed by atoms with Crippen molar-refractivity contribution in [3.8, 4) is 0 Å². The molecule has 0 saturated carbocycles. The van der Waals surface area contributed by atoms with Gasteiger partial charge < -0.3 is 15.7 Å². The highest BCUT2D eigenvalue weighted by Crippen LogP contribution is 2.31. The van der Waals surface area contributed by atoms with E-state index in [4.69, 9.17) is 0 Å². The molecule has 1 aromatic carbocycles. The molecular weight excluding hydrogens is 325 g/mol. The minimum absolute atomic E-state index is 0.0171. The van der Waals surface area contributed by atoms with Gasteiger partial charge in [0.1, 0.15) is 0 Å². The first-order chi connectivity index (χ1) is 11.0. The fraction of sp³-hybridized carbons (Fsp3) is 0.500. The zero-order chi connectivity index (χ0) is 18.5. The van der Waals surface area contributed by atoms with Crippen LogP contribution in [0, 0.1) is 12.8 Å². The molecule has 0 spiro atoms. The van der Waals surface area contributed by atoms with Gasteiger partial charge in [-0.1, -0.05) is 19.9 Å². The molecule has 0 saturated heterocycles. The van der Waals surface area contributed by atoms with E-state index in [0.717, 1.165) is 12.1 Å². The molecule has 0 radical (unpaired) electrons. The molecule has 1 atom stereocenters. The topological polar surface area (TPSA) is 78.4 Å². The molecule has 134 valence electrons. The van der Waals surface area contributed by atoms with Gasteiger partial charge in [0.15, 0.2) is 0 Å². The van der Waals surface area contributed by atoms with E-state index >= 15 is 0 Å². The average molecular weight is 346 g/mol. The van der Waals surface area contributed by atoms with E-state index in [-0.39, 0.29) is 24.6 Å². The van der Waals surface area contributed by atoms with E-state index in [2.05, 4.69) is 10.6 Å². The zero-order valence-corrected chi connectivity index (χ0v) is 13.7. The maximum Gasteiger partial charge on any atom is 0.416 e. The number of hydrogen-bond acceptors (Lipinski definition) is 3. The van der Waals surface area contributed by atoms with Crippen LogP contribution in [-0.2, 0) is 15.8 Å². The van der Waals surface area contributed by atoms with Gasteiger partial charge >= 0.3 is 18.0 Å². The fourth-order valence-corrected chi connectivity index (χ4v) is 1.86. The molecule has 0 bridgehead atoms. The van der Waals surface area contributed by atoms with Crippen LogP contribution < -0.4 is 10.6 Å². The molecule has 0 aliphatic carbocycles. The van der Waals surface area contributed by atoms with Crippen molar-refractivity contribution in [2.75, 3.05) is 11.9 Å². The highest BCUT2D eigenvalue weighted by molar-refractivity contribution is 6.39. The number of carbonyl (C=O) groups is 2. The molecule has 1 unspecified atom stereocenters. The standard InChI is InChI=1S/C16H21F3N2O3/c1-9(2)13(22)6-7-20-14(23)15(24)21-12-8-11(16(17,18)19)5-4-10(12)3/h4-5,8-9,13,22H,6-7H2,1-3H3,(H,20,23)(H,21,24). The molecule has 0 heterocycles. The summed E-state index contributed by atoms with van der Waals surface area (Å²) in [5.41, 5.74) is -0.588. The largest absolute Gasteiger partial charge is 0.416 e. The molecule has 0 aromatic heterocycles. The lowest BCUT2D eigenvalue weighted by Gasteiger charge is -2.15. The summed E-state index contributed by atoms with van der Waals surface area (Å²) in [5, 5.41) is 14.1. The van der Waals surface area contributed by atoms with Gasteiger partial charge in [-0.25, -0.2) is 0 Å². The summed E-state index contributed by atoms with van der Waals surface area (Å²) in [5.74, 6) is -2.01. The predicted octanol–water partition coefficient (Wildman–Crippen LogP) is 2.48. The summed E-state index contributed by atoms with van der Waals surface area (Å²) in [4.78, 5) is 23.4. The van der Waals surface area contributed by atoms with Gasteiger partial charge in [-0.2, -0.15) is 13.2 Å². The van der Waals surface area contributed by atoms with Crippen LogP contribution in [0.15, 0.2) is 18.2 Å². The molecule has 0 aliphatic heterocycles. The Hall–Kier alpha value is -2.09. The molecule has 0 fully saturated rings. The highest BCUT2D eigenvalue weighted by atomic mass is 19.4. The van der Waals surface area contributed by atoms with Crippen molar-refractivity contribution < 1.29 is 27.9 Å². The van der Waals surface area contributed by atoms with Crippen molar-refractivity contribution in [2.24, 2.45) is 5.92 Å².